The molecule has 0 N–H and O–H groups in total. The van der Waals surface area contributed by atoms with Gasteiger partial charge in [0.15, 0.2) is 5.82 Å². The fourth-order valence-electron chi connectivity index (χ4n) is 6.26. The fourth-order valence-corrected chi connectivity index (χ4v) is 6.26. The second-order valence-electron chi connectivity index (χ2n) is 10.7. The lowest BCUT2D eigenvalue weighted by Gasteiger charge is -2.29. The molecule has 2 saturated carbocycles. The van der Waals surface area contributed by atoms with Crippen molar-refractivity contribution in [3.8, 4) is 11.4 Å². The number of benzene rings is 1. The van der Waals surface area contributed by atoms with Gasteiger partial charge in [0.25, 0.3) is 0 Å². The first-order valence-electron chi connectivity index (χ1n) is 13.7. The van der Waals surface area contributed by atoms with E-state index in [1.807, 2.05) is 0 Å². The quantitative estimate of drug-likeness (QED) is 0.369. The van der Waals surface area contributed by atoms with Gasteiger partial charge in [0.1, 0.15) is 0 Å². The minimum atomic E-state index is 0.664. The maximum Gasteiger partial charge on any atom is 0.159 e. The molecule has 0 radical (unpaired) electrons. The zero-order valence-electron chi connectivity index (χ0n) is 20.6. The highest BCUT2D eigenvalue weighted by Crippen LogP contribution is 2.39. The molecule has 174 valence electrons. The first-order chi connectivity index (χ1) is 15.8. The van der Waals surface area contributed by atoms with Gasteiger partial charge in [0, 0.05) is 18.0 Å². The summed E-state index contributed by atoms with van der Waals surface area (Å²) in [6, 6.07) is 9.16. The molecule has 2 heteroatoms. The van der Waals surface area contributed by atoms with E-state index in [0.29, 0.717) is 5.92 Å². The molecule has 0 saturated heterocycles. The van der Waals surface area contributed by atoms with Crippen LogP contribution in [0.5, 0.6) is 0 Å². The monoisotopic (exact) mass is 432 g/mol. The molecule has 0 aliphatic heterocycles. The normalized spacial score (nSPS) is 26.2. The number of hydrogen-bond donors (Lipinski definition) is 0. The molecule has 2 aliphatic rings. The molecule has 2 aliphatic carbocycles. The van der Waals surface area contributed by atoms with Crippen LogP contribution in [0, 0.1) is 11.8 Å². The van der Waals surface area contributed by atoms with Crippen molar-refractivity contribution in [1.82, 2.24) is 9.97 Å². The molecule has 1 aromatic heterocycles. The molecular weight excluding hydrogens is 388 g/mol. The number of hydrogen-bond acceptors (Lipinski definition) is 2. The van der Waals surface area contributed by atoms with Crippen LogP contribution in [0.2, 0.25) is 0 Å². The highest BCUT2D eigenvalue weighted by Gasteiger charge is 2.23. The third-order valence-corrected chi connectivity index (χ3v) is 8.39. The Balaban J connectivity index is 1.29. The standard InChI is InChI=1S/C30H44N2/c1-3-5-6-8-24-11-13-25(14-12-24)26-17-19-28(20-18-26)30-31-21-29(22-32-30)27-15-9-23(7-4-2)10-16-27/h17-25,27H,3-16H2,1-2H3. The second-order valence-corrected chi connectivity index (χ2v) is 10.7. The van der Waals surface area contributed by atoms with Crippen LogP contribution in [-0.4, -0.2) is 9.97 Å². The molecule has 0 bridgehead atoms. The van der Waals surface area contributed by atoms with Crippen molar-refractivity contribution in [1.29, 1.82) is 0 Å². The van der Waals surface area contributed by atoms with Crippen LogP contribution in [0.3, 0.4) is 0 Å². The van der Waals surface area contributed by atoms with Gasteiger partial charge in [0.2, 0.25) is 0 Å². The van der Waals surface area contributed by atoms with E-state index in [4.69, 9.17) is 9.97 Å². The Morgan fingerprint density at radius 2 is 1.19 bits per heavy atom. The smallest absolute Gasteiger partial charge is 0.159 e. The average molecular weight is 433 g/mol. The maximum atomic E-state index is 4.76. The Hall–Kier alpha value is -1.70. The van der Waals surface area contributed by atoms with E-state index in [2.05, 4.69) is 50.5 Å². The lowest BCUT2D eigenvalue weighted by Crippen LogP contribution is -2.13. The topological polar surface area (TPSA) is 25.8 Å². The molecule has 2 nitrogen and oxygen atoms in total. The Morgan fingerprint density at radius 1 is 0.625 bits per heavy atom. The van der Waals surface area contributed by atoms with Crippen molar-refractivity contribution in [2.45, 2.75) is 116 Å². The first kappa shape index (κ1) is 23.5. The third-order valence-electron chi connectivity index (χ3n) is 8.39. The van der Waals surface area contributed by atoms with Gasteiger partial charge in [0.05, 0.1) is 0 Å². The second kappa shape index (κ2) is 12.0. The molecular formula is C30H44N2. The van der Waals surface area contributed by atoms with Gasteiger partial charge in [-0.05, 0) is 86.2 Å². The molecule has 32 heavy (non-hydrogen) atoms. The van der Waals surface area contributed by atoms with Crippen molar-refractivity contribution in [3.63, 3.8) is 0 Å². The van der Waals surface area contributed by atoms with Crippen molar-refractivity contribution in [2.24, 2.45) is 11.8 Å². The first-order valence-corrected chi connectivity index (χ1v) is 13.7. The molecule has 0 amide bonds. The maximum absolute atomic E-state index is 4.76. The summed E-state index contributed by atoms with van der Waals surface area (Å²) in [5.41, 5.74) is 4.01. The molecule has 2 fully saturated rings. The lowest BCUT2D eigenvalue weighted by molar-refractivity contribution is 0.303. The van der Waals surface area contributed by atoms with Gasteiger partial charge in [-0.1, -0.05) is 76.6 Å². The summed E-state index contributed by atoms with van der Waals surface area (Å²) in [7, 11) is 0. The fraction of sp³-hybridized carbons (Fsp3) is 0.667. The molecule has 0 spiro atoms. The Bertz CT molecular complexity index is 779. The molecule has 1 heterocycles. The third kappa shape index (κ3) is 6.21. The molecule has 0 atom stereocenters. The Labute approximate surface area is 196 Å². The van der Waals surface area contributed by atoms with Crippen molar-refractivity contribution in [3.05, 3.63) is 47.8 Å². The zero-order chi connectivity index (χ0) is 22.2. The van der Waals surface area contributed by atoms with Gasteiger partial charge in [-0.15, -0.1) is 0 Å². The van der Waals surface area contributed by atoms with Crippen LogP contribution >= 0.6 is 0 Å². The van der Waals surface area contributed by atoms with E-state index < -0.39 is 0 Å². The van der Waals surface area contributed by atoms with Crippen molar-refractivity contribution >= 4 is 0 Å². The van der Waals surface area contributed by atoms with E-state index in [-0.39, 0.29) is 0 Å². The van der Waals surface area contributed by atoms with Gasteiger partial charge in [-0.3, -0.25) is 0 Å². The summed E-state index contributed by atoms with van der Waals surface area (Å²) in [5, 5.41) is 0. The summed E-state index contributed by atoms with van der Waals surface area (Å²) in [6.45, 7) is 4.62. The van der Waals surface area contributed by atoms with Crippen LogP contribution in [0.4, 0.5) is 0 Å². The predicted molar refractivity (Wildman–Crippen MR) is 136 cm³/mol. The largest absolute Gasteiger partial charge is 0.236 e. The summed E-state index contributed by atoms with van der Waals surface area (Å²) >= 11 is 0. The lowest BCUT2D eigenvalue weighted by atomic mass is 9.77. The van der Waals surface area contributed by atoms with E-state index in [0.717, 1.165) is 29.1 Å². The van der Waals surface area contributed by atoms with Crippen LogP contribution in [0.25, 0.3) is 11.4 Å². The van der Waals surface area contributed by atoms with E-state index in [9.17, 15) is 0 Å². The van der Waals surface area contributed by atoms with Crippen LogP contribution in [0.15, 0.2) is 36.7 Å². The van der Waals surface area contributed by atoms with Crippen LogP contribution < -0.4 is 0 Å². The Morgan fingerprint density at radius 3 is 1.75 bits per heavy atom. The predicted octanol–water partition coefficient (Wildman–Crippen LogP) is 9.07. The van der Waals surface area contributed by atoms with Gasteiger partial charge in [-0.2, -0.15) is 0 Å². The van der Waals surface area contributed by atoms with E-state index in [1.165, 1.54) is 101 Å². The van der Waals surface area contributed by atoms with Gasteiger partial charge in [-0.25, -0.2) is 9.97 Å². The summed E-state index contributed by atoms with van der Waals surface area (Å²) in [5.74, 6) is 4.21. The van der Waals surface area contributed by atoms with Crippen molar-refractivity contribution < 1.29 is 0 Å². The summed E-state index contributed by atoms with van der Waals surface area (Å²) < 4.78 is 0. The van der Waals surface area contributed by atoms with Gasteiger partial charge < -0.3 is 0 Å². The minimum Gasteiger partial charge on any atom is -0.236 e. The number of unbranched alkanes of at least 4 members (excludes halogenated alkanes) is 2. The minimum absolute atomic E-state index is 0.664. The highest BCUT2D eigenvalue weighted by atomic mass is 14.9. The highest BCUT2D eigenvalue weighted by molar-refractivity contribution is 5.55. The molecule has 1 aromatic carbocycles. The van der Waals surface area contributed by atoms with Crippen molar-refractivity contribution in [2.75, 3.05) is 0 Å². The van der Waals surface area contributed by atoms with Crippen LogP contribution in [0.1, 0.15) is 127 Å². The number of nitrogens with zero attached hydrogens (tertiary/aromatic N) is 2. The molecule has 4 rings (SSSR count). The number of aromatic nitrogens is 2. The average Bonchev–Trinajstić information content (AvgIpc) is 2.86. The van der Waals surface area contributed by atoms with Crippen LogP contribution in [-0.2, 0) is 0 Å². The summed E-state index contributed by atoms with van der Waals surface area (Å²) in [4.78, 5) is 9.51. The molecule has 0 unspecified atom stereocenters. The van der Waals surface area contributed by atoms with E-state index >= 15 is 0 Å². The van der Waals surface area contributed by atoms with Gasteiger partial charge >= 0.3 is 0 Å². The summed E-state index contributed by atoms with van der Waals surface area (Å²) in [6.07, 6.45) is 23.5. The molecule has 2 aromatic rings. The Kier molecular flexibility index (Phi) is 8.77. The zero-order valence-corrected chi connectivity index (χ0v) is 20.6. The van der Waals surface area contributed by atoms with E-state index in [1.54, 1.807) is 0 Å². The number of rotatable bonds is 9. The SMILES string of the molecule is CCCCCC1CCC(c2ccc(-c3ncc(C4CCC(CCC)CC4)cn3)cc2)CC1.